The van der Waals surface area contributed by atoms with Crippen molar-refractivity contribution in [2.45, 2.75) is 85.2 Å². The molecule has 216 valence electrons. The zero-order chi connectivity index (χ0) is 29.0. The van der Waals surface area contributed by atoms with E-state index in [9.17, 15) is 9.59 Å². The smallest absolute Gasteiger partial charge is 0.314 e. The lowest BCUT2D eigenvalue weighted by atomic mass is 9.73. The van der Waals surface area contributed by atoms with E-state index >= 15 is 0 Å². The van der Waals surface area contributed by atoms with Crippen molar-refractivity contribution in [2.75, 3.05) is 6.61 Å². The van der Waals surface area contributed by atoms with E-state index in [2.05, 4.69) is 62.6 Å². The predicted molar refractivity (Wildman–Crippen MR) is 158 cm³/mol. The first-order valence-electron chi connectivity index (χ1n) is 14.9. The number of carbonyl (C=O) groups is 1. The highest BCUT2D eigenvalue weighted by atomic mass is 16.5. The third kappa shape index (κ3) is 5.13. The number of tetrazole rings is 1. The number of benzene rings is 2. The molecule has 2 aromatic heterocycles. The maximum Gasteiger partial charge on any atom is 0.314 e. The molecule has 41 heavy (non-hydrogen) atoms. The van der Waals surface area contributed by atoms with Crippen molar-refractivity contribution < 1.29 is 9.53 Å². The van der Waals surface area contributed by atoms with Gasteiger partial charge in [-0.05, 0) is 66.1 Å². The Kier molecular flexibility index (Phi) is 8.52. The number of hydrogen-bond donors (Lipinski definition) is 1. The van der Waals surface area contributed by atoms with Gasteiger partial charge >= 0.3 is 5.97 Å². The number of fused-ring (bicyclic) bond motifs is 1. The van der Waals surface area contributed by atoms with Gasteiger partial charge in [-0.25, -0.2) is 9.78 Å². The second-order valence-electron chi connectivity index (χ2n) is 10.9. The topological polar surface area (TPSA) is 108 Å². The molecule has 0 spiro atoms. The van der Waals surface area contributed by atoms with Gasteiger partial charge in [0.15, 0.2) is 5.82 Å². The lowest BCUT2D eigenvalue weighted by Crippen LogP contribution is -2.47. The van der Waals surface area contributed by atoms with Crippen LogP contribution in [-0.2, 0) is 28.9 Å². The Balaban J connectivity index is 1.52. The minimum absolute atomic E-state index is 0.0287. The summed E-state index contributed by atoms with van der Waals surface area (Å²) in [6.07, 6.45) is 5.32. The number of nitrogens with zero attached hydrogens (tertiary/aromatic N) is 5. The second kappa shape index (κ2) is 12.2. The highest BCUT2D eigenvalue weighted by molar-refractivity contribution is 5.80. The predicted octanol–water partition coefficient (Wildman–Crippen LogP) is 5.74. The van der Waals surface area contributed by atoms with Gasteiger partial charge in [0.2, 0.25) is 0 Å². The summed E-state index contributed by atoms with van der Waals surface area (Å²) in [6.45, 7) is 9.21. The summed E-state index contributed by atoms with van der Waals surface area (Å²) in [7, 11) is 0. The molecule has 0 radical (unpaired) electrons. The first-order chi connectivity index (χ1) is 20.0. The van der Waals surface area contributed by atoms with Crippen LogP contribution in [0.2, 0.25) is 0 Å². The highest BCUT2D eigenvalue weighted by Gasteiger charge is 2.47. The van der Waals surface area contributed by atoms with E-state index in [-0.39, 0.29) is 17.6 Å². The van der Waals surface area contributed by atoms with E-state index in [0.29, 0.717) is 31.7 Å². The van der Waals surface area contributed by atoms with Crippen LogP contribution in [0, 0.1) is 5.41 Å². The van der Waals surface area contributed by atoms with Gasteiger partial charge in [-0.2, -0.15) is 0 Å². The number of esters is 1. The van der Waals surface area contributed by atoms with Crippen LogP contribution in [0.25, 0.3) is 22.5 Å². The van der Waals surface area contributed by atoms with Gasteiger partial charge in [-0.15, -0.1) is 5.10 Å². The monoisotopic (exact) mass is 556 g/mol. The molecule has 1 N–H and O–H groups in total. The molecule has 9 nitrogen and oxygen atoms in total. The summed E-state index contributed by atoms with van der Waals surface area (Å²) in [5, 5.41) is 14.4. The van der Waals surface area contributed by atoms with Crippen molar-refractivity contribution in [3.05, 3.63) is 75.7 Å². The maximum atomic E-state index is 14.2. The quantitative estimate of drug-likeness (QED) is 0.236. The number of aromatic nitrogens is 6. The minimum Gasteiger partial charge on any atom is -0.466 e. The molecule has 0 saturated heterocycles. The van der Waals surface area contributed by atoms with Crippen molar-refractivity contribution in [3.63, 3.8) is 0 Å². The van der Waals surface area contributed by atoms with Gasteiger partial charge < -0.3 is 4.74 Å². The Hall–Kier alpha value is -4.01. The van der Waals surface area contributed by atoms with Crippen LogP contribution >= 0.6 is 0 Å². The van der Waals surface area contributed by atoms with Crippen LogP contribution in [0.3, 0.4) is 0 Å². The van der Waals surface area contributed by atoms with Crippen LogP contribution in [0.15, 0.2) is 53.3 Å². The molecule has 0 saturated carbocycles. The van der Waals surface area contributed by atoms with E-state index in [4.69, 9.17) is 4.74 Å². The molecule has 0 aliphatic carbocycles. The fourth-order valence-electron chi connectivity index (χ4n) is 6.61. The summed E-state index contributed by atoms with van der Waals surface area (Å²) in [4.78, 5) is 27.6. The highest BCUT2D eigenvalue weighted by Crippen LogP contribution is 2.44. The van der Waals surface area contributed by atoms with E-state index in [0.717, 1.165) is 65.7 Å². The fourth-order valence-corrected chi connectivity index (χ4v) is 6.61. The van der Waals surface area contributed by atoms with Gasteiger partial charge in [0, 0.05) is 29.8 Å². The molecule has 0 fully saturated rings. The van der Waals surface area contributed by atoms with Crippen molar-refractivity contribution >= 4 is 5.97 Å². The van der Waals surface area contributed by atoms with Gasteiger partial charge in [0.25, 0.3) is 5.56 Å². The van der Waals surface area contributed by atoms with Crippen LogP contribution in [0.4, 0.5) is 0 Å². The van der Waals surface area contributed by atoms with Gasteiger partial charge in [0.1, 0.15) is 0 Å². The number of H-pyrrole nitrogens is 1. The summed E-state index contributed by atoms with van der Waals surface area (Å²) in [5.41, 5.74) is 5.32. The van der Waals surface area contributed by atoms with Gasteiger partial charge in [-0.3, -0.25) is 14.3 Å². The van der Waals surface area contributed by atoms with Crippen LogP contribution in [0.5, 0.6) is 0 Å². The van der Waals surface area contributed by atoms with Crippen molar-refractivity contribution in [2.24, 2.45) is 5.41 Å². The summed E-state index contributed by atoms with van der Waals surface area (Å²) in [6, 6.07) is 16.2. The third-order valence-electron chi connectivity index (χ3n) is 8.77. The lowest BCUT2D eigenvalue weighted by molar-refractivity contribution is -0.160. The van der Waals surface area contributed by atoms with Gasteiger partial charge in [-0.1, -0.05) is 75.7 Å². The summed E-state index contributed by atoms with van der Waals surface area (Å²) >= 11 is 0. The van der Waals surface area contributed by atoms with Crippen LogP contribution < -0.4 is 5.56 Å². The zero-order valence-corrected chi connectivity index (χ0v) is 24.5. The molecule has 5 rings (SSSR count). The Morgan fingerprint density at radius 2 is 1.78 bits per heavy atom. The Morgan fingerprint density at radius 1 is 1.05 bits per heavy atom. The zero-order valence-electron chi connectivity index (χ0n) is 24.5. The van der Waals surface area contributed by atoms with E-state index in [1.807, 2.05) is 43.7 Å². The maximum absolute atomic E-state index is 14.2. The Labute approximate surface area is 240 Å². The average molecular weight is 557 g/mol. The number of rotatable bonds is 11. The van der Waals surface area contributed by atoms with E-state index in [1.54, 1.807) is 0 Å². The fraction of sp³-hybridized carbons (Fsp3) is 0.469. The van der Waals surface area contributed by atoms with Crippen LogP contribution in [0.1, 0.15) is 82.7 Å². The van der Waals surface area contributed by atoms with Gasteiger partial charge in [0.05, 0.1) is 18.1 Å². The second-order valence-corrected chi connectivity index (χ2v) is 10.9. The molecular formula is C32H40N6O3. The van der Waals surface area contributed by atoms with Crippen molar-refractivity contribution in [1.29, 1.82) is 0 Å². The lowest BCUT2D eigenvalue weighted by Gasteiger charge is -2.41. The molecule has 0 amide bonds. The third-order valence-corrected chi connectivity index (χ3v) is 8.77. The number of ether oxygens (including phenoxy) is 1. The molecule has 3 heterocycles. The number of aromatic amines is 1. The standard InChI is InChI=1S/C32H40N6O3/c1-5-12-27-26(30(39)38-28(15-11-20-37(27)38)32(6-2,7-3)31(40)41-8-4)21-22-16-18-23(19-17-22)24-13-9-10-14-25(24)29-33-35-36-34-29/h9-10,13-14,16-19,28H,5-8,11-12,15,20-21H2,1-4H3,(H,33,34,35,36). The van der Waals surface area contributed by atoms with Crippen molar-refractivity contribution in [1.82, 2.24) is 30.0 Å². The molecule has 1 aliphatic heterocycles. The first kappa shape index (κ1) is 28.5. The first-order valence-corrected chi connectivity index (χ1v) is 14.9. The molecule has 1 unspecified atom stereocenters. The molecule has 0 bridgehead atoms. The normalized spacial score (nSPS) is 15.1. The van der Waals surface area contributed by atoms with Crippen molar-refractivity contribution in [3.8, 4) is 22.5 Å². The summed E-state index contributed by atoms with van der Waals surface area (Å²) < 4.78 is 9.69. The Bertz CT molecular complexity index is 1530. The molecule has 9 heteroatoms. The number of nitrogens with one attached hydrogen (secondary N) is 1. The number of hydrogen-bond acceptors (Lipinski definition) is 6. The minimum atomic E-state index is -0.717. The average Bonchev–Trinajstić information content (AvgIpc) is 3.63. The SMILES string of the molecule is CCCc1c(Cc2ccc(-c3ccccc3-c3nnn[nH]3)cc2)c(=O)n2n1CCCC2C(CC)(CC)C(=O)OCC. The number of carbonyl (C=O) groups excluding carboxylic acids is 1. The molecular weight excluding hydrogens is 516 g/mol. The van der Waals surface area contributed by atoms with Crippen LogP contribution in [-0.4, -0.2) is 42.6 Å². The van der Waals surface area contributed by atoms with E-state index in [1.165, 1.54) is 0 Å². The molecule has 1 aliphatic rings. The summed E-state index contributed by atoms with van der Waals surface area (Å²) in [5.74, 6) is 0.432. The molecule has 4 aromatic rings. The molecule has 2 aromatic carbocycles. The molecule has 1 atom stereocenters. The van der Waals surface area contributed by atoms with E-state index < -0.39 is 5.41 Å². The Morgan fingerprint density at radius 3 is 2.41 bits per heavy atom. The largest absolute Gasteiger partial charge is 0.466 e.